The standard InChI is InChI=1S/C11H13N3O3/c1-8(15)17-11(7-13-14-12)9-3-5-10(16-2)6-4-9/h3-6,11H,7H2,1-2H3/t11-/m1/s1. The van der Waals surface area contributed by atoms with Gasteiger partial charge in [0.05, 0.1) is 13.7 Å². The fourth-order valence-corrected chi connectivity index (χ4v) is 1.34. The van der Waals surface area contributed by atoms with Crippen LogP contribution in [0.3, 0.4) is 0 Å². The molecule has 6 nitrogen and oxygen atoms in total. The molecule has 0 spiro atoms. The van der Waals surface area contributed by atoms with E-state index >= 15 is 0 Å². The van der Waals surface area contributed by atoms with E-state index in [0.717, 1.165) is 5.56 Å². The molecule has 0 saturated heterocycles. The van der Waals surface area contributed by atoms with Gasteiger partial charge in [-0.05, 0) is 23.2 Å². The maximum Gasteiger partial charge on any atom is 0.303 e. The number of hydrogen-bond acceptors (Lipinski definition) is 4. The van der Waals surface area contributed by atoms with E-state index in [2.05, 4.69) is 10.0 Å². The van der Waals surface area contributed by atoms with Gasteiger partial charge in [-0.15, -0.1) is 0 Å². The molecular formula is C11H13N3O3. The Bertz CT molecular complexity index is 420. The maximum atomic E-state index is 10.9. The normalized spacial score (nSPS) is 11.2. The Balaban J connectivity index is 2.86. The molecule has 0 amide bonds. The molecule has 6 heteroatoms. The predicted molar refractivity (Wildman–Crippen MR) is 61.5 cm³/mol. The number of hydrogen-bond donors (Lipinski definition) is 0. The van der Waals surface area contributed by atoms with E-state index in [4.69, 9.17) is 15.0 Å². The number of nitrogens with zero attached hydrogens (tertiary/aromatic N) is 3. The molecule has 1 aromatic rings. The molecule has 0 aromatic heterocycles. The van der Waals surface area contributed by atoms with Crippen LogP contribution in [0.25, 0.3) is 10.4 Å². The van der Waals surface area contributed by atoms with Crippen molar-refractivity contribution in [2.75, 3.05) is 13.7 Å². The number of benzene rings is 1. The number of esters is 1. The van der Waals surface area contributed by atoms with Crippen LogP contribution in [0.15, 0.2) is 29.4 Å². The highest BCUT2D eigenvalue weighted by Gasteiger charge is 2.13. The highest BCUT2D eigenvalue weighted by atomic mass is 16.5. The summed E-state index contributed by atoms with van der Waals surface area (Å²) in [5.41, 5.74) is 9.03. The summed E-state index contributed by atoms with van der Waals surface area (Å²) in [6.45, 7) is 1.38. The van der Waals surface area contributed by atoms with Gasteiger partial charge in [0.1, 0.15) is 11.9 Å². The molecule has 90 valence electrons. The van der Waals surface area contributed by atoms with Crippen LogP contribution in [-0.2, 0) is 9.53 Å². The molecule has 0 N–H and O–H groups in total. The van der Waals surface area contributed by atoms with Gasteiger partial charge in [-0.25, -0.2) is 0 Å². The lowest BCUT2D eigenvalue weighted by atomic mass is 10.1. The van der Waals surface area contributed by atoms with Crippen LogP contribution in [-0.4, -0.2) is 19.6 Å². The summed E-state index contributed by atoms with van der Waals surface area (Å²) in [5, 5.41) is 3.42. The Morgan fingerprint density at radius 3 is 2.59 bits per heavy atom. The van der Waals surface area contributed by atoms with Gasteiger partial charge in [-0.3, -0.25) is 4.79 Å². The average molecular weight is 235 g/mol. The summed E-state index contributed by atoms with van der Waals surface area (Å²) in [4.78, 5) is 13.6. The zero-order valence-electron chi connectivity index (χ0n) is 9.66. The third-order valence-corrected chi connectivity index (χ3v) is 2.11. The molecule has 0 saturated carbocycles. The molecule has 0 fully saturated rings. The average Bonchev–Trinajstić information content (AvgIpc) is 2.34. The summed E-state index contributed by atoms with van der Waals surface area (Å²) >= 11 is 0. The second-order valence-corrected chi connectivity index (χ2v) is 3.28. The summed E-state index contributed by atoms with van der Waals surface area (Å²) in [5.74, 6) is 0.290. The van der Waals surface area contributed by atoms with Crippen molar-refractivity contribution in [3.05, 3.63) is 40.3 Å². The molecule has 17 heavy (non-hydrogen) atoms. The van der Waals surface area contributed by atoms with Crippen molar-refractivity contribution in [2.45, 2.75) is 13.0 Å². The number of carbonyl (C=O) groups is 1. The summed E-state index contributed by atoms with van der Waals surface area (Å²) in [7, 11) is 1.57. The van der Waals surface area contributed by atoms with Gasteiger partial charge in [0.15, 0.2) is 0 Å². The first-order valence-electron chi connectivity index (χ1n) is 4.99. The van der Waals surface area contributed by atoms with Crippen LogP contribution in [0.1, 0.15) is 18.6 Å². The van der Waals surface area contributed by atoms with Crippen molar-refractivity contribution in [3.63, 3.8) is 0 Å². The topological polar surface area (TPSA) is 84.3 Å². The van der Waals surface area contributed by atoms with Crippen molar-refractivity contribution in [1.82, 2.24) is 0 Å². The summed E-state index contributed by atoms with van der Waals surface area (Å²) in [6.07, 6.45) is -0.561. The molecule has 0 unspecified atom stereocenters. The Labute approximate surface area is 98.8 Å². The first-order chi connectivity index (χ1) is 8.17. The third-order valence-electron chi connectivity index (χ3n) is 2.11. The van der Waals surface area contributed by atoms with Crippen LogP contribution in [0.5, 0.6) is 5.75 Å². The van der Waals surface area contributed by atoms with Gasteiger partial charge in [0.25, 0.3) is 0 Å². The molecule has 1 atom stereocenters. The van der Waals surface area contributed by atoms with Crippen molar-refractivity contribution in [2.24, 2.45) is 5.11 Å². The van der Waals surface area contributed by atoms with E-state index in [1.54, 1.807) is 31.4 Å². The molecule has 0 aliphatic rings. The van der Waals surface area contributed by atoms with Gasteiger partial charge in [0, 0.05) is 11.8 Å². The van der Waals surface area contributed by atoms with Crippen LogP contribution in [0.2, 0.25) is 0 Å². The molecule has 0 aliphatic heterocycles. The zero-order valence-corrected chi connectivity index (χ0v) is 9.66. The molecule has 1 rings (SSSR count). The van der Waals surface area contributed by atoms with Crippen LogP contribution >= 0.6 is 0 Å². The van der Waals surface area contributed by atoms with Crippen molar-refractivity contribution in [1.29, 1.82) is 0 Å². The second kappa shape index (κ2) is 6.40. The van der Waals surface area contributed by atoms with E-state index in [9.17, 15) is 4.79 Å². The third kappa shape index (κ3) is 4.04. The summed E-state index contributed by atoms with van der Waals surface area (Å²) in [6, 6.07) is 7.03. The van der Waals surface area contributed by atoms with Crippen LogP contribution in [0.4, 0.5) is 0 Å². The second-order valence-electron chi connectivity index (χ2n) is 3.28. The minimum absolute atomic E-state index is 0.0718. The van der Waals surface area contributed by atoms with Crippen LogP contribution in [0, 0.1) is 0 Å². The van der Waals surface area contributed by atoms with E-state index in [1.807, 2.05) is 0 Å². The first-order valence-corrected chi connectivity index (χ1v) is 4.99. The fourth-order valence-electron chi connectivity index (χ4n) is 1.34. The molecular weight excluding hydrogens is 222 g/mol. The molecule has 0 bridgehead atoms. The smallest absolute Gasteiger partial charge is 0.303 e. The Hall–Kier alpha value is -2.20. The zero-order chi connectivity index (χ0) is 12.7. The van der Waals surface area contributed by atoms with E-state index < -0.39 is 12.1 Å². The predicted octanol–water partition coefficient (Wildman–Crippen LogP) is 2.61. The molecule has 0 aliphatic carbocycles. The Morgan fingerprint density at radius 2 is 2.12 bits per heavy atom. The Kier molecular flexibility index (Phi) is 4.84. The quantitative estimate of drug-likeness (QED) is 0.340. The fraction of sp³-hybridized carbons (Fsp3) is 0.364. The SMILES string of the molecule is COc1ccc([C@@H](CN=[N+]=[N-])OC(C)=O)cc1. The largest absolute Gasteiger partial charge is 0.497 e. The lowest BCUT2D eigenvalue weighted by molar-refractivity contribution is -0.146. The maximum absolute atomic E-state index is 10.9. The number of ether oxygens (including phenoxy) is 2. The first kappa shape index (κ1) is 12.9. The van der Waals surface area contributed by atoms with Gasteiger partial charge in [-0.2, -0.15) is 0 Å². The van der Waals surface area contributed by atoms with Crippen molar-refractivity contribution >= 4 is 5.97 Å². The van der Waals surface area contributed by atoms with Gasteiger partial charge >= 0.3 is 5.97 Å². The summed E-state index contributed by atoms with van der Waals surface area (Å²) < 4.78 is 10.1. The number of rotatable bonds is 5. The Morgan fingerprint density at radius 1 is 1.47 bits per heavy atom. The molecule has 0 radical (unpaired) electrons. The number of azide groups is 1. The van der Waals surface area contributed by atoms with E-state index in [0.29, 0.717) is 5.75 Å². The number of carbonyl (C=O) groups excluding carboxylic acids is 1. The minimum Gasteiger partial charge on any atom is -0.497 e. The lowest BCUT2D eigenvalue weighted by Crippen LogP contribution is -2.11. The minimum atomic E-state index is -0.561. The van der Waals surface area contributed by atoms with Gasteiger partial charge in [-0.1, -0.05) is 17.2 Å². The highest BCUT2D eigenvalue weighted by Crippen LogP contribution is 2.21. The van der Waals surface area contributed by atoms with Crippen molar-refractivity contribution in [3.8, 4) is 5.75 Å². The molecule has 1 aromatic carbocycles. The molecule has 0 heterocycles. The van der Waals surface area contributed by atoms with Crippen LogP contribution < -0.4 is 4.74 Å². The highest BCUT2D eigenvalue weighted by molar-refractivity contribution is 5.66. The van der Waals surface area contributed by atoms with Crippen molar-refractivity contribution < 1.29 is 14.3 Å². The van der Waals surface area contributed by atoms with E-state index in [-0.39, 0.29) is 6.54 Å². The number of methoxy groups -OCH3 is 1. The van der Waals surface area contributed by atoms with E-state index in [1.165, 1.54) is 6.92 Å². The van der Waals surface area contributed by atoms with Gasteiger partial charge < -0.3 is 9.47 Å². The van der Waals surface area contributed by atoms with Gasteiger partial charge in [0.2, 0.25) is 0 Å². The lowest BCUT2D eigenvalue weighted by Gasteiger charge is -2.15. The monoisotopic (exact) mass is 235 g/mol.